The zero-order chi connectivity index (χ0) is 15.6. The summed E-state index contributed by atoms with van der Waals surface area (Å²) < 4.78 is 1.24. The zero-order valence-corrected chi connectivity index (χ0v) is 13.5. The molecule has 0 aliphatic carbocycles. The number of nitrogens with one attached hydrogen (secondary N) is 1. The van der Waals surface area contributed by atoms with E-state index >= 15 is 0 Å². The van der Waals surface area contributed by atoms with Crippen LogP contribution in [0.4, 0.5) is 16.8 Å². The van der Waals surface area contributed by atoms with Crippen molar-refractivity contribution in [3.05, 3.63) is 36.7 Å². The van der Waals surface area contributed by atoms with E-state index in [1.54, 1.807) is 17.4 Å². The molecule has 3 aromatic rings. The van der Waals surface area contributed by atoms with Crippen LogP contribution in [0.25, 0.3) is 10.2 Å². The van der Waals surface area contributed by atoms with Crippen LogP contribution >= 0.6 is 11.3 Å². The van der Waals surface area contributed by atoms with Gasteiger partial charge in [-0.2, -0.15) is 0 Å². The molecule has 1 aliphatic heterocycles. The molecule has 0 radical (unpaired) electrons. The van der Waals surface area contributed by atoms with E-state index < -0.39 is 0 Å². The van der Waals surface area contributed by atoms with Crippen LogP contribution in [0.1, 0.15) is 12.8 Å². The van der Waals surface area contributed by atoms with E-state index in [-0.39, 0.29) is 0 Å². The number of fused-ring (bicyclic) bond motifs is 1. The van der Waals surface area contributed by atoms with Crippen molar-refractivity contribution < 1.29 is 0 Å². The number of nitrogens with two attached hydrogens (primary N) is 1. The van der Waals surface area contributed by atoms with Crippen molar-refractivity contribution in [3.63, 3.8) is 0 Å². The fraction of sp³-hybridized carbons (Fsp3) is 0.312. The molecular weight excluding hydrogens is 308 g/mol. The number of benzene rings is 1. The van der Waals surface area contributed by atoms with Gasteiger partial charge in [-0.1, -0.05) is 23.5 Å². The lowest BCUT2D eigenvalue weighted by Gasteiger charge is -2.33. The summed E-state index contributed by atoms with van der Waals surface area (Å²) in [5, 5.41) is 4.56. The molecule has 7 heteroatoms. The molecule has 1 aliphatic rings. The normalized spacial score (nSPS) is 18.3. The Morgan fingerprint density at radius 1 is 1.26 bits per heavy atom. The third-order valence-electron chi connectivity index (χ3n) is 4.01. The molecule has 0 spiro atoms. The minimum Gasteiger partial charge on any atom is -0.384 e. The number of hydrogen-bond donors (Lipinski definition) is 2. The van der Waals surface area contributed by atoms with Gasteiger partial charge in [0.1, 0.15) is 18.0 Å². The lowest BCUT2D eigenvalue weighted by molar-refractivity contribution is 0.528. The molecule has 3 N–H and O–H groups in total. The number of piperidine rings is 1. The molecule has 0 amide bonds. The van der Waals surface area contributed by atoms with Crippen LogP contribution in [0.15, 0.2) is 36.7 Å². The lowest BCUT2D eigenvalue weighted by atomic mass is 10.1. The topological polar surface area (TPSA) is 80.0 Å². The second kappa shape index (κ2) is 6.00. The minimum absolute atomic E-state index is 0.338. The molecule has 0 unspecified atom stereocenters. The van der Waals surface area contributed by atoms with Crippen LogP contribution in [0.5, 0.6) is 0 Å². The molecule has 0 bridgehead atoms. The van der Waals surface area contributed by atoms with E-state index in [0.717, 1.165) is 42.4 Å². The molecule has 2 aromatic heterocycles. The number of thiazole rings is 1. The molecule has 118 valence electrons. The summed E-state index contributed by atoms with van der Waals surface area (Å²) in [5.74, 6) is 1.27. The molecule has 1 saturated heterocycles. The van der Waals surface area contributed by atoms with Crippen molar-refractivity contribution >= 4 is 38.3 Å². The van der Waals surface area contributed by atoms with Gasteiger partial charge in [-0.15, -0.1) is 0 Å². The van der Waals surface area contributed by atoms with Crippen LogP contribution in [-0.2, 0) is 0 Å². The van der Waals surface area contributed by atoms with Crippen molar-refractivity contribution in [2.24, 2.45) is 0 Å². The van der Waals surface area contributed by atoms with Crippen LogP contribution < -0.4 is 16.0 Å². The number of rotatable bonds is 3. The first kappa shape index (κ1) is 14.2. The van der Waals surface area contributed by atoms with Crippen LogP contribution in [-0.4, -0.2) is 34.1 Å². The number of para-hydroxylation sites is 1. The van der Waals surface area contributed by atoms with E-state index in [9.17, 15) is 0 Å². The van der Waals surface area contributed by atoms with Crippen molar-refractivity contribution in [2.75, 3.05) is 29.0 Å². The maximum atomic E-state index is 5.72. The van der Waals surface area contributed by atoms with Gasteiger partial charge in [0.2, 0.25) is 0 Å². The van der Waals surface area contributed by atoms with Gasteiger partial charge in [-0.3, -0.25) is 0 Å². The summed E-state index contributed by atoms with van der Waals surface area (Å²) in [7, 11) is 0. The fourth-order valence-corrected chi connectivity index (χ4v) is 3.92. The van der Waals surface area contributed by atoms with Crippen molar-refractivity contribution in [1.82, 2.24) is 15.0 Å². The first-order chi connectivity index (χ1) is 11.3. The van der Waals surface area contributed by atoms with Gasteiger partial charge in [0.05, 0.1) is 10.2 Å². The van der Waals surface area contributed by atoms with Gasteiger partial charge >= 0.3 is 0 Å². The minimum atomic E-state index is 0.338. The SMILES string of the molecule is Nc1cc(N[C@@H]2CCCN(c3nc4ccccc4s3)C2)ncn1. The maximum absolute atomic E-state index is 5.72. The Bertz CT molecular complexity index is 784. The third kappa shape index (κ3) is 3.05. The Morgan fingerprint density at radius 3 is 3.04 bits per heavy atom. The van der Waals surface area contributed by atoms with Gasteiger partial charge in [0, 0.05) is 25.2 Å². The first-order valence-electron chi connectivity index (χ1n) is 7.72. The van der Waals surface area contributed by atoms with Gasteiger partial charge in [-0.25, -0.2) is 15.0 Å². The van der Waals surface area contributed by atoms with E-state index in [4.69, 9.17) is 10.7 Å². The smallest absolute Gasteiger partial charge is 0.186 e. The van der Waals surface area contributed by atoms with E-state index in [1.807, 2.05) is 6.07 Å². The summed E-state index contributed by atoms with van der Waals surface area (Å²) in [4.78, 5) is 15.3. The van der Waals surface area contributed by atoms with Gasteiger partial charge in [0.15, 0.2) is 5.13 Å². The standard InChI is InChI=1S/C16H18N6S/c17-14-8-15(19-10-18-14)20-11-4-3-7-22(9-11)16-21-12-5-1-2-6-13(12)23-16/h1-2,5-6,8,10-11H,3-4,7,9H2,(H3,17,18,19,20)/t11-/m1/s1. The number of hydrogen-bond acceptors (Lipinski definition) is 7. The second-order valence-corrected chi connectivity index (χ2v) is 6.73. The average molecular weight is 326 g/mol. The highest BCUT2D eigenvalue weighted by molar-refractivity contribution is 7.22. The Labute approximate surface area is 138 Å². The Hall–Kier alpha value is -2.41. The molecule has 4 rings (SSSR count). The summed E-state index contributed by atoms with van der Waals surface area (Å²) in [6, 6.07) is 10.4. The van der Waals surface area contributed by atoms with Gasteiger partial charge < -0.3 is 16.0 Å². The van der Waals surface area contributed by atoms with E-state index in [0.29, 0.717) is 11.9 Å². The molecule has 1 fully saturated rings. The van der Waals surface area contributed by atoms with Crippen LogP contribution in [0, 0.1) is 0 Å². The Balaban J connectivity index is 1.50. The summed E-state index contributed by atoms with van der Waals surface area (Å²) >= 11 is 1.76. The Kier molecular flexibility index (Phi) is 3.70. The third-order valence-corrected chi connectivity index (χ3v) is 5.11. The van der Waals surface area contributed by atoms with E-state index in [1.165, 1.54) is 11.0 Å². The van der Waals surface area contributed by atoms with Crippen LogP contribution in [0.2, 0.25) is 0 Å². The molecule has 23 heavy (non-hydrogen) atoms. The molecule has 1 atom stereocenters. The highest BCUT2D eigenvalue weighted by Gasteiger charge is 2.22. The second-order valence-electron chi connectivity index (χ2n) is 5.72. The van der Waals surface area contributed by atoms with Crippen molar-refractivity contribution in [3.8, 4) is 0 Å². The Morgan fingerprint density at radius 2 is 2.17 bits per heavy atom. The number of nitrogen functional groups attached to an aromatic ring is 1. The van der Waals surface area contributed by atoms with Gasteiger partial charge in [0.25, 0.3) is 0 Å². The van der Waals surface area contributed by atoms with Crippen molar-refractivity contribution in [2.45, 2.75) is 18.9 Å². The fourth-order valence-electron chi connectivity index (χ4n) is 2.92. The molecule has 0 saturated carbocycles. The van der Waals surface area contributed by atoms with Gasteiger partial charge in [-0.05, 0) is 25.0 Å². The van der Waals surface area contributed by atoms with Crippen LogP contribution in [0.3, 0.4) is 0 Å². The zero-order valence-electron chi connectivity index (χ0n) is 12.6. The van der Waals surface area contributed by atoms with E-state index in [2.05, 4.69) is 38.4 Å². The quantitative estimate of drug-likeness (QED) is 0.770. The summed E-state index contributed by atoms with van der Waals surface area (Å²) in [6.45, 7) is 1.97. The summed E-state index contributed by atoms with van der Waals surface area (Å²) in [5.41, 5.74) is 6.79. The first-order valence-corrected chi connectivity index (χ1v) is 8.54. The highest BCUT2D eigenvalue weighted by Crippen LogP contribution is 2.30. The predicted octanol–water partition coefficient (Wildman–Crippen LogP) is 2.75. The highest BCUT2D eigenvalue weighted by atomic mass is 32.1. The van der Waals surface area contributed by atoms with Crippen molar-refractivity contribution in [1.29, 1.82) is 0 Å². The molecular formula is C16H18N6S. The molecule has 1 aromatic carbocycles. The lowest BCUT2D eigenvalue weighted by Crippen LogP contribution is -2.42. The largest absolute Gasteiger partial charge is 0.384 e. The predicted molar refractivity (Wildman–Crippen MR) is 94.9 cm³/mol. The number of aromatic nitrogens is 3. The summed E-state index contributed by atoms with van der Waals surface area (Å²) in [6.07, 6.45) is 3.74. The monoisotopic (exact) mass is 326 g/mol. The molecule has 6 nitrogen and oxygen atoms in total. The number of anilines is 3. The maximum Gasteiger partial charge on any atom is 0.186 e. The average Bonchev–Trinajstić information content (AvgIpc) is 2.99. The molecule has 3 heterocycles. The number of nitrogens with zero attached hydrogens (tertiary/aromatic N) is 4.